The first-order chi connectivity index (χ1) is 13.3. The number of likely N-dealkylation sites (N-methyl/N-ethyl adjacent to an activating group) is 1. The van der Waals surface area contributed by atoms with E-state index in [0.717, 1.165) is 62.8 Å². The third kappa shape index (κ3) is 16.5. The van der Waals surface area contributed by atoms with Gasteiger partial charge in [-0.2, -0.15) is 0 Å². The van der Waals surface area contributed by atoms with E-state index < -0.39 is 10.0 Å². The minimum absolute atomic E-state index is 0. The van der Waals surface area contributed by atoms with Crippen molar-refractivity contribution in [2.45, 2.75) is 104 Å². The normalized spacial score (nSPS) is 13.1. The van der Waals surface area contributed by atoms with E-state index in [4.69, 9.17) is 0 Å². The van der Waals surface area contributed by atoms with Crippen LogP contribution in [-0.4, -0.2) is 50.9 Å². The zero-order valence-corrected chi connectivity index (χ0v) is 22.2. The van der Waals surface area contributed by atoms with Crippen LogP contribution in [-0.2, 0) is 10.0 Å². The number of quaternary nitrogens is 1. The van der Waals surface area contributed by atoms with Crippen LogP contribution in [0.15, 0.2) is 12.7 Å². The molecule has 0 fully saturated rings. The Kier molecular flexibility index (Phi) is 20.3. The highest BCUT2D eigenvalue weighted by Crippen LogP contribution is 2.18. The molecule has 0 aromatic rings. The lowest BCUT2D eigenvalue weighted by Crippen LogP contribution is -2.48. The van der Waals surface area contributed by atoms with Crippen LogP contribution in [0.2, 0.25) is 0 Å². The molecule has 4 nitrogen and oxygen atoms in total. The molecule has 0 amide bonds. The Balaban J connectivity index is 0. The Hall–Kier alpha value is 0.0900. The van der Waals surface area contributed by atoms with Gasteiger partial charge in [-0.05, 0) is 32.8 Å². The number of unbranched alkanes of at least 4 members (excludes halogenated alkanes) is 8. The van der Waals surface area contributed by atoms with E-state index in [9.17, 15) is 8.42 Å². The van der Waals surface area contributed by atoms with E-state index in [-0.39, 0.29) is 28.8 Å². The van der Waals surface area contributed by atoms with Crippen molar-refractivity contribution in [1.29, 1.82) is 0 Å². The predicted octanol–water partition coefficient (Wildman–Crippen LogP) is 7.01. The Morgan fingerprint density at radius 1 is 0.897 bits per heavy atom. The summed E-state index contributed by atoms with van der Waals surface area (Å²) >= 11 is 0. The molecule has 6 heteroatoms. The lowest BCUT2D eigenvalue weighted by molar-refractivity contribution is -0.919. The first kappa shape index (κ1) is 31.3. The zero-order valence-electron chi connectivity index (χ0n) is 19.7. The number of rotatable bonds is 20. The van der Waals surface area contributed by atoms with E-state index in [1.54, 1.807) is 0 Å². The average molecular weight is 498 g/mol. The number of hydrogen-bond donors (Lipinski definition) is 0. The molecular weight excluding hydrogens is 448 g/mol. The van der Waals surface area contributed by atoms with E-state index in [0.29, 0.717) is 0 Å². The van der Waals surface area contributed by atoms with Crippen LogP contribution < -0.4 is 0 Å². The molecule has 1 unspecified atom stereocenters. The molecule has 0 aromatic heterocycles. The lowest BCUT2D eigenvalue weighted by atomic mass is 10.1. The van der Waals surface area contributed by atoms with Crippen LogP contribution in [0.5, 0.6) is 0 Å². The second-order valence-electron chi connectivity index (χ2n) is 8.38. The third-order valence-corrected chi connectivity index (χ3v) is 7.44. The summed E-state index contributed by atoms with van der Waals surface area (Å²) in [7, 11) is -3.27. The van der Waals surface area contributed by atoms with Crippen LogP contribution in [0.4, 0.5) is 0 Å². The standard InChI is InChI=1S/C23H48N2O2S.BrH/c1-6-10-11-12-13-14-15-16-17-22-28(26,27)24-23(5)19-18-21-25(8-3,9-4)20-7-2;/h7,23H,2,6,8-22H2,1,3-5H3;1H. The van der Waals surface area contributed by atoms with Gasteiger partial charge in [0.05, 0.1) is 36.2 Å². The Bertz CT molecular complexity index is 479. The smallest absolute Gasteiger partial charge is 0.0970 e. The fraction of sp³-hybridized carbons (Fsp3) is 0.913. The van der Waals surface area contributed by atoms with Crippen molar-refractivity contribution in [2.75, 3.05) is 31.9 Å². The molecule has 0 spiro atoms. The van der Waals surface area contributed by atoms with Crippen molar-refractivity contribution in [3.8, 4) is 0 Å². The van der Waals surface area contributed by atoms with E-state index in [1.165, 1.54) is 38.5 Å². The van der Waals surface area contributed by atoms with Gasteiger partial charge in [-0.1, -0.05) is 78.2 Å². The van der Waals surface area contributed by atoms with Crippen molar-refractivity contribution < 1.29 is 12.9 Å². The highest BCUT2D eigenvalue weighted by molar-refractivity contribution is 8.93. The van der Waals surface area contributed by atoms with Gasteiger partial charge in [-0.3, -0.25) is 0 Å². The summed E-state index contributed by atoms with van der Waals surface area (Å²) in [6.07, 6.45) is 14.5. The molecule has 0 saturated heterocycles. The van der Waals surface area contributed by atoms with Gasteiger partial charge in [0.1, 0.15) is 0 Å². The van der Waals surface area contributed by atoms with Crippen molar-refractivity contribution in [3.63, 3.8) is 0 Å². The SMILES string of the molecule is Br.C=CC[N+](CC)(CC)CCCC(C)[N-]S(=O)(=O)CCCCCCCCCCC. The van der Waals surface area contributed by atoms with Crippen molar-refractivity contribution in [2.24, 2.45) is 0 Å². The molecule has 0 aliphatic heterocycles. The van der Waals surface area contributed by atoms with Gasteiger partial charge >= 0.3 is 0 Å². The minimum atomic E-state index is -3.27. The fourth-order valence-corrected chi connectivity index (χ4v) is 5.19. The van der Waals surface area contributed by atoms with Crippen LogP contribution in [0, 0.1) is 0 Å². The van der Waals surface area contributed by atoms with Gasteiger partial charge in [-0.25, -0.2) is 8.42 Å². The average Bonchev–Trinajstić information content (AvgIpc) is 2.65. The molecule has 0 radical (unpaired) electrons. The fourth-order valence-electron chi connectivity index (χ4n) is 3.86. The maximum absolute atomic E-state index is 12.2. The Morgan fingerprint density at radius 2 is 1.41 bits per heavy atom. The summed E-state index contributed by atoms with van der Waals surface area (Å²) in [5.41, 5.74) is 0. The van der Waals surface area contributed by atoms with Crippen LogP contribution in [0.3, 0.4) is 0 Å². The summed E-state index contributed by atoms with van der Waals surface area (Å²) in [5, 5.41) is 0. The molecule has 29 heavy (non-hydrogen) atoms. The summed E-state index contributed by atoms with van der Waals surface area (Å²) in [6.45, 7) is 16.7. The summed E-state index contributed by atoms with van der Waals surface area (Å²) in [5.74, 6) is 0.216. The zero-order chi connectivity index (χ0) is 21.3. The molecule has 0 N–H and O–H groups in total. The second kappa shape index (κ2) is 18.8. The van der Waals surface area contributed by atoms with Gasteiger partial charge < -0.3 is 9.21 Å². The highest BCUT2D eigenvalue weighted by atomic mass is 79.9. The van der Waals surface area contributed by atoms with Gasteiger partial charge in [0.15, 0.2) is 0 Å². The molecule has 1 atom stereocenters. The molecule has 0 saturated carbocycles. The van der Waals surface area contributed by atoms with Crippen LogP contribution in [0.25, 0.3) is 4.72 Å². The number of halogens is 1. The van der Waals surface area contributed by atoms with E-state index in [2.05, 4.69) is 32.1 Å². The molecule has 0 rings (SSSR count). The molecule has 0 bridgehead atoms. The number of nitrogens with zero attached hydrogens (tertiary/aromatic N) is 2. The summed E-state index contributed by atoms with van der Waals surface area (Å²) < 4.78 is 29.6. The largest absolute Gasteiger partial charge is 0.546 e. The first-order valence-electron chi connectivity index (χ1n) is 11.8. The minimum Gasteiger partial charge on any atom is -0.546 e. The molecular formula is C23H49BrN2O2S. The monoisotopic (exact) mass is 496 g/mol. The lowest BCUT2D eigenvalue weighted by Gasteiger charge is -2.37. The van der Waals surface area contributed by atoms with Crippen molar-refractivity contribution in [3.05, 3.63) is 17.4 Å². The molecule has 176 valence electrons. The molecule has 0 aromatic carbocycles. The first-order valence-corrected chi connectivity index (χ1v) is 13.4. The van der Waals surface area contributed by atoms with Crippen LogP contribution in [0.1, 0.15) is 98.3 Å². The number of sulfonamides is 1. The van der Waals surface area contributed by atoms with E-state index in [1.807, 2.05) is 13.0 Å². The van der Waals surface area contributed by atoms with Crippen molar-refractivity contribution in [1.82, 2.24) is 0 Å². The van der Waals surface area contributed by atoms with Crippen LogP contribution >= 0.6 is 17.0 Å². The highest BCUT2D eigenvalue weighted by Gasteiger charge is 2.20. The molecule has 0 heterocycles. The summed E-state index contributed by atoms with van der Waals surface area (Å²) in [4.78, 5) is 0. The Morgan fingerprint density at radius 3 is 1.90 bits per heavy atom. The maximum atomic E-state index is 12.2. The second-order valence-corrected chi connectivity index (χ2v) is 10.2. The van der Waals surface area contributed by atoms with Crippen molar-refractivity contribution >= 4 is 27.0 Å². The van der Waals surface area contributed by atoms with Gasteiger partial charge in [0, 0.05) is 5.75 Å². The number of hydrogen-bond acceptors (Lipinski definition) is 2. The molecule has 0 aliphatic carbocycles. The van der Waals surface area contributed by atoms with Gasteiger partial charge in [0.2, 0.25) is 0 Å². The van der Waals surface area contributed by atoms with Gasteiger partial charge in [-0.15, -0.1) is 23.0 Å². The topological polar surface area (TPSA) is 48.2 Å². The van der Waals surface area contributed by atoms with E-state index >= 15 is 0 Å². The third-order valence-electron chi connectivity index (χ3n) is 5.96. The van der Waals surface area contributed by atoms with Gasteiger partial charge in [0.25, 0.3) is 0 Å². The summed E-state index contributed by atoms with van der Waals surface area (Å²) in [6, 6.07) is -0.108. The quantitative estimate of drug-likeness (QED) is 0.103. The predicted molar refractivity (Wildman–Crippen MR) is 135 cm³/mol. The Labute approximate surface area is 193 Å². The maximum Gasteiger partial charge on any atom is 0.0970 e. The molecule has 0 aliphatic rings.